The second-order valence-corrected chi connectivity index (χ2v) is 2.86. The van der Waals surface area contributed by atoms with Crippen molar-refractivity contribution in [2.45, 2.75) is 0 Å². The van der Waals surface area contributed by atoms with E-state index in [9.17, 15) is 0 Å². The van der Waals surface area contributed by atoms with E-state index in [0.717, 1.165) is 0 Å². The van der Waals surface area contributed by atoms with E-state index in [-0.39, 0.29) is 5.82 Å². The third-order valence-corrected chi connectivity index (χ3v) is 1.90. The van der Waals surface area contributed by atoms with Crippen molar-refractivity contribution >= 4 is 34.5 Å². The summed E-state index contributed by atoms with van der Waals surface area (Å²) in [6.45, 7) is 1.06. The zero-order chi connectivity index (χ0) is 10.4. The highest BCUT2D eigenvalue weighted by Crippen LogP contribution is 2.05. The minimum Gasteiger partial charge on any atom is -0.383 e. The first kappa shape index (κ1) is 11.2. The van der Waals surface area contributed by atoms with Crippen LogP contribution in [0.4, 0.5) is 5.82 Å². The zero-order valence-electron chi connectivity index (χ0n) is 7.53. The molecule has 0 saturated carbocycles. The molecule has 0 spiro atoms. The van der Waals surface area contributed by atoms with Crippen LogP contribution >= 0.6 is 22.9 Å². The molecule has 1 aromatic rings. The lowest BCUT2D eigenvalue weighted by molar-refractivity contribution is 0.208. The molecule has 0 aromatic carbocycles. The average molecular weight is 311 g/mol. The number of aliphatic imine (C=N–C) groups is 1. The third kappa shape index (κ3) is 2.80. The summed E-state index contributed by atoms with van der Waals surface area (Å²) in [5.74, 6) is 0.742. The summed E-state index contributed by atoms with van der Waals surface area (Å²) in [4.78, 5) is 4.17. The van der Waals surface area contributed by atoms with Crippen LogP contribution in [-0.4, -0.2) is 36.4 Å². The van der Waals surface area contributed by atoms with Gasteiger partial charge >= 0.3 is 0 Å². The Bertz CT molecular complexity index is 313. The molecule has 1 aromatic heterocycles. The average Bonchev–Trinajstić information content (AvgIpc) is 2.60. The summed E-state index contributed by atoms with van der Waals surface area (Å²) in [6.07, 6.45) is 0. The predicted octanol–water partition coefficient (Wildman–Crippen LogP) is -0.0156. The number of amidine groups is 1. The summed E-state index contributed by atoms with van der Waals surface area (Å²) >= 11 is 1.93. The van der Waals surface area contributed by atoms with Crippen molar-refractivity contribution in [2.24, 2.45) is 4.99 Å². The highest BCUT2D eigenvalue weighted by molar-refractivity contribution is 14.1. The Morgan fingerprint density at radius 3 is 3.00 bits per heavy atom. The number of rotatable bonds is 4. The molecule has 1 heterocycles. The molecule has 14 heavy (non-hydrogen) atoms. The second-order valence-electron chi connectivity index (χ2n) is 2.32. The molecule has 0 unspecified atom stereocenters. The van der Waals surface area contributed by atoms with E-state index in [0.29, 0.717) is 24.7 Å². The lowest BCUT2D eigenvalue weighted by atomic mass is 10.4. The third-order valence-electron chi connectivity index (χ3n) is 1.39. The quantitative estimate of drug-likeness (QED) is 0.267. The Morgan fingerprint density at radius 1 is 1.71 bits per heavy atom. The molecular weight excluding hydrogens is 301 g/mol. The number of nitrogens with zero attached hydrogens (tertiary/aromatic N) is 3. The number of aromatic nitrogens is 2. The first-order chi connectivity index (χ1) is 6.79. The maximum Gasteiger partial charge on any atom is 0.199 e. The number of hydrogen-bond acceptors (Lipinski definition) is 6. The molecule has 0 bridgehead atoms. The minimum absolute atomic E-state index is 0.213. The Balaban J connectivity index is 2.71. The van der Waals surface area contributed by atoms with Crippen LogP contribution in [0.3, 0.4) is 0 Å². The maximum absolute atomic E-state index is 5.50. The Morgan fingerprint density at radius 2 is 2.50 bits per heavy atom. The molecule has 0 aliphatic rings. The van der Waals surface area contributed by atoms with Crippen LogP contribution in [0.5, 0.6) is 0 Å². The van der Waals surface area contributed by atoms with Crippen molar-refractivity contribution in [1.29, 1.82) is 0 Å². The van der Waals surface area contributed by atoms with Crippen LogP contribution in [-0.2, 0) is 4.74 Å². The number of nitrogens with one attached hydrogen (secondary N) is 1. The molecule has 0 aliphatic carbocycles. The van der Waals surface area contributed by atoms with Crippen molar-refractivity contribution in [3.8, 4) is 0 Å². The lowest BCUT2D eigenvalue weighted by Gasteiger charge is -2.00. The van der Waals surface area contributed by atoms with Gasteiger partial charge in [0.25, 0.3) is 0 Å². The molecule has 0 atom stereocenters. The normalized spacial score (nSPS) is 11.7. The van der Waals surface area contributed by atoms with Crippen LogP contribution in [0, 0.1) is 0 Å². The first-order valence-electron chi connectivity index (χ1n) is 3.78. The van der Waals surface area contributed by atoms with Crippen molar-refractivity contribution in [3.63, 3.8) is 0 Å². The van der Waals surface area contributed by atoms with Gasteiger partial charge in [-0.3, -0.25) is 4.99 Å². The number of anilines is 1. The fourth-order valence-corrected chi connectivity index (χ4v) is 1.18. The van der Waals surface area contributed by atoms with Crippen LogP contribution in [0.2, 0.25) is 0 Å². The SMILES string of the molecule is COCCN=C(NI)c1nonc1N. The van der Waals surface area contributed by atoms with Crippen molar-refractivity contribution in [1.82, 2.24) is 13.8 Å². The number of halogens is 1. The molecular formula is C6H10IN5O2. The molecule has 0 radical (unpaired) electrons. The standard InChI is InChI=1S/C6H10IN5O2/c1-13-3-2-9-6(10-7)4-5(8)12-14-11-4/h2-3H2,1H3,(H2,8,12)(H,9,10). The fraction of sp³-hybridized carbons (Fsp3) is 0.500. The maximum atomic E-state index is 5.50. The Kier molecular flexibility index (Phi) is 4.59. The van der Waals surface area contributed by atoms with Crippen LogP contribution in [0.1, 0.15) is 5.69 Å². The number of ether oxygens (including phenoxy) is 1. The van der Waals surface area contributed by atoms with E-state index in [4.69, 9.17) is 10.5 Å². The van der Waals surface area contributed by atoms with Gasteiger partial charge in [0.05, 0.1) is 36.0 Å². The Hall–Kier alpha value is -0.900. The number of methoxy groups -OCH3 is 1. The smallest absolute Gasteiger partial charge is 0.199 e. The van der Waals surface area contributed by atoms with Gasteiger partial charge < -0.3 is 14.0 Å². The van der Waals surface area contributed by atoms with Gasteiger partial charge in [0, 0.05) is 7.11 Å². The minimum atomic E-state index is 0.213. The van der Waals surface area contributed by atoms with Gasteiger partial charge in [-0.15, -0.1) is 0 Å². The van der Waals surface area contributed by atoms with E-state index >= 15 is 0 Å². The highest BCUT2D eigenvalue weighted by atomic mass is 127. The second kappa shape index (κ2) is 5.75. The van der Waals surface area contributed by atoms with Gasteiger partial charge in [-0.05, 0) is 10.3 Å². The fourth-order valence-electron chi connectivity index (χ4n) is 0.758. The molecule has 1 rings (SSSR count). The molecule has 7 nitrogen and oxygen atoms in total. The lowest BCUT2D eigenvalue weighted by Crippen LogP contribution is -2.17. The predicted molar refractivity (Wildman–Crippen MR) is 59.1 cm³/mol. The van der Waals surface area contributed by atoms with E-state index < -0.39 is 0 Å². The summed E-state index contributed by atoms with van der Waals surface area (Å²) in [5, 5.41) is 7.07. The summed E-state index contributed by atoms with van der Waals surface area (Å²) in [6, 6.07) is 0. The van der Waals surface area contributed by atoms with E-state index in [2.05, 4.69) is 23.5 Å². The van der Waals surface area contributed by atoms with Crippen LogP contribution in [0.25, 0.3) is 0 Å². The summed E-state index contributed by atoms with van der Waals surface area (Å²) in [7, 11) is 1.61. The van der Waals surface area contributed by atoms with Gasteiger partial charge in [-0.1, -0.05) is 0 Å². The van der Waals surface area contributed by atoms with E-state index in [1.54, 1.807) is 7.11 Å². The molecule has 8 heteroatoms. The van der Waals surface area contributed by atoms with Gasteiger partial charge in [0.1, 0.15) is 0 Å². The van der Waals surface area contributed by atoms with Crippen molar-refractivity contribution < 1.29 is 9.37 Å². The molecule has 3 N–H and O–H groups in total. The van der Waals surface area contributed by atoms with Gasteiger partial charge in [0.2, 0.25) is 0 Å². The number of nitrogen functional groups attached to an aromatic ring is 1. The van der Waals surface area contributed by atoms with Crippen molar-refractivity contribution in [2.75, 3.05) is 26.0 Å². The van der Waals surface area contributed by atoms with Gasteiger partial charge in [0.15, 0.2) is 17.3 Å². The topological polar surface area (TPSA) is 98.6 Å². The zero-order valence-corrected chi connectivity index (χ0v) is 9.69. The van der Waals surface area contributed by atoms with Crippen molar-refractivity contribution in [3.05, 3.63) is 5.69 Å². The summed E-state index contributed by atoms with van der Waals surface area (Å²) in [5.41, 5.74) is 5.91. The van der Waals surface area contributed by atoms with Crippen LogP contribution < -0.4 is 9.26 Å². The number of nitrogens with two attached hydrogens (primary N) is 1. The molecule has 0 amide bonds. The Labute approximate surface area is 94.5 Å². The van der Waals surface area contributed by atoms with Crippen LogP contribution in [0.15, 0.2) is 9.62 Å². The monoisotopic (exact) mass is 311 g/mol. The van der Waals surface area contributed by atoms with E-state index in [1.807, 2.05) is 22.9 Å². The largest absolute Gasteiger partial charge is 0.383 e. The summed E-state index contributed by atoms with van der Waals surface area (Å²) < 4.78 is 12.1. The highest BCUT2D eigenvalue weighted by Gasteiger charge is 2.12. The number of hydrogen-bond donors (Lipinski definition) is 2. The van der Waals surface area contributed by atoms with Gasteiger partial charge in [-0.2, -0.15) is 0 Å². The van der Waals surface area contributed by atoms with Gasteiger partial charge in [-0.25, -0.2) is 4.63 Å². The molecule has 0 aliphatic heterocycles. The first-order valence-corrected chi connectivity index (χ1v) is 4.86. The molecule has 0 fully saturated rings. The van der Waals surface area contributed by atoms with E-state index in [1.165, 1.54) is 0 Å². The molecule has 0 saturated heterocycles. The molecule has 78 valence electrons.